The highest BCUT2D eigenvalue weighted by Gasteiger charge is 2.14. The van der Waals surface area contributed by atoms with E-state index in [1.54, 1.807) is 0 Å². The molecule has 17 heavy (non-hydrogen) atoms. The van der Waals surface area contributed by atoms with Crippen LogP contribution < -0.4 is 0 Å². The topological polar surface area (TPSA) is 0 Å². The predicted molar refractivity (Wildman–Crippen MR) is 79.1 cm³/mol. The maximum absolute atomic E-state index is 2.28. The summed E-state index contributed by atoms with van der Waals surface area (Å²) in [5.74, 6) is 0. The number of hydrogen-bond donors (Lipinski definition) is 0. The lowest BCUT2D eigenvalue weighted by molar-refractivity contribution is 0.633. The molecule has 2 rings (SSSR count). The van der Waals surface area contributed by atoms with Crippen LogP contribution in [0.15, 0.2) is 24.3 Å². The van der Waals surface area contributed by atoms with Gasteiger partial charge in [0.15, 0.2) is 0 Å². The van der Waals surface area contributed by atoms with Crippen molar-refractivity contribution in [3.63, 3.8) is 0 Å². The van der Waals surface area contributed by atoms with E-state index in [0.717, 1.165) is 0 Å². The lowest BCUT2D eigenvalue weighted by Gasteiger charge is -2.12. The van der Waals surface area contributed by atoms with Crippen molar-refractivity contribution in [3.8, 4) is 0 Å². The van der Waals surface area contributed by atoms with Gasteiger partial charge < -0.3 is 0 Å². The minimum absolute atomic E-state index is 0.165. The first-order chi connectivity index (χ1) is 7.99. The van der Waals surface area contributed by atoms with Gasteiger partial charge in [0, 0.05) is 5.41 Å². The van der Waals surface area contributed by atoms with Crippen LogP contribution in [0.4, 0.5) is 0 Å². The Morgan fingerprint density at radius 3 is 1.47 bits per heavy atom. The third-order valence-corrected chi connectivity index (χ3v) is 3.08. The average Bonchev–Trinajstić information content (AvgIpc) is 2.47. The van der Waals surface area contributed by atoms with Crippen LogP contribution in [0.2, 0.25) is 0 Å². The Hall–Kier alpha value is -1.30. The molecule has 0 heteroatoms. The Morgan fingerprint density at radius 1 is 0.765 bits per heavy atom. The molecule has 0 aromatic heterocycles. The first kappa shape index (κ1) is 13.8. The summed E-state index contributed by atoms with van der Waals surface area (Å²) in [6.45, 7) is 12.8. The first-order valence-electron chi connectivity index (χ1n) is 6.48. The van der Waals surface area contributed by atoms with E-state index in [1.165, 1.54) is 22.3 Å². The molecule has 0 saturated heterocycles. The minimum atomic E-state index is 0.165. The molecule has 0 heterocycles. The molecule has 0 radical (unpaired) electrons. The van der Waals surface area contributed by atoms with E-state index >= 15 is 0 Å². The van der Waals surface area contributed by atoms with Gasteiger partial charge in [-0.1, -0.05) is 64.1 Å². The number of allylic oxidation sites excluding steroid dienone is 2. The molecule has 0 bridgehead atoms. The Balaban J connectivity index is 0.000000686. The lowest BCUT2D eigenvalue weighted by Crippen LogP contribution is -2.00. The van der Waals surface area contributed by atoms with Crippen molar-refractivity contribution >= 4 is 12.2 Å². The van der Waals surface area contributed by atoms with Crippen molar-refractivity contribution in [2.24, 2.45) is 5.41 Å². The molecule has 0 aliphatic heterocycles. The molecule has 0 nitrogen and oxygen atoms in total. The largest absolute Gasteiger partial charge is 0.0745 e. The fourth-order valence-corrected chi connectivity index (χ4v) is 1.95. The van der Waals surface area contributed by atoms with Gasteiger partial charge in [0.05, 0.1) is 0 Å². The Bertz CT molecular complexity index is 404. The smallest absolute Gasteiger partial charge is 0.00111 e. The zero-order valence-corrected chi connectivity index (χ0v) is 12.0. The molecule has 92 valence electrons. The molecule has 0 spiro atoms. The third-order valence-electron chi connectivity index (χ3n) is 3.08. The second kappa shape index (κ2) is 5.35. The van der Waals surface area contributed by atoms with Crippen LogP contribution >= 0.6 is 0 Å². The van der Waals surface area contributed by atoms with Crippen LogP contribution in [-0.2, 0) is 0 Å². The summed E-state index contributed by atoms with van der Waals surface area (Å²) in [6, 6.07) is 4.40. The number of benzene rings is 1. The number of fused-ring (bicyclic) bond motifs is 1. The van der Waals surface area contributed by atoms with Crippen LogP contribution in [0.1, 0.15) is 49.9 Å². The van der Waals surface area contributed by atoms with E-state index in [4.69, 9.17) is 0 Å². The van der Waals surface area contributed by atoms with Gasteiger partial charge in [0.25, 0.3) is 0 Å². The number of aryl methyl sites for hydroxylation is 2. The standard InChI is InChI=1S/C15H18.C2H6/c1-11-5-6-12(2)14-8-10-15(3,4)9-7-13(11)14;1-2/h5-10H,1-4H3;1-2H3. The van der Waals surface area contributed by atoms with Crippen LogP contribution in [0, 0.1) is 19.3 Å². The van der Waals surface area contributed by atoms with E-state index in [2.05, 4.69) is 64.1 Å². The van der Waals surface area contributed by atoms with Gasteiger partial charge in [-0.25, -0.2) is 0 Å². The average molecular weight is 228 g/mol. The summed E-state index contributed by atoms with van der Waals surface area (Å²) in [5, 5.41) is 0. The molecule has 1 aliphatic carbocycles. The normalized spacial score (nSPS) is 15.6. The van der Waals surface area contributed by atoms with Gasteiger partial charge in [0.1, 0.15) is 0 Å². The quantitative estimate of drug-likeness (QED) is 0.558. The fraction of sp³-hybridized carbons (Fsp3) is 0.412. The minimum Gasteiger partial charge on any atom is -0.0745 e. The highest BCUT2D eigenvalue weighted by atomic mass is 14.2. The Kier molecular flexibility index (Phi) is 4.34. The summed E-state index contributed by atoms with van der Waals surface area (Å²) < 4.78 is 0. The zero-order chi connectivity index (χ0) is 13.1. The van der Waals surface area contributed by atoms with Crippen molar-refractivity contribution in [2.45, 2.75) is 41.5 Å². The van der Waals surface area contributed by atoms with E-state index in [0.29, 0.717) is 0 Å². The number of hydrogen-bond acceptors (Lipinski definition) is 0. The number of rotatable bonds is 0. The summed E-state index contributed by atoms with van der Waals surface area (Å²) in [4.78, 5) is 0. The maximum Gasteiger partial charge on any atom is 0.00111 e. The molecular weight excluding hydrogens is 204 g/mol. The van der Waals surface area contributed by atoms with Crippen LogP contribution in [-0.4, -0.2) is 0 Å². The second-order valence-corrected chi connectivity index (χ2v) is 5.01. The van der Waals surface area contributed by atoms with Crippen molar-refractivity contribution in [3.05, 3.63) is 46.5 Å². The molecule has 0 atom stereocenters. The zero-order valence-electron chi connectivity index (χ0n) is 12.0. The maximum atomic E-state index is 2.28. The van der Waals surface area contributed by atoms with Crippen LogP contribution in [0.3, 0.4) is 0 Å². The Labute approximate surface area is 106 Å². The summed E-state index contributed by atoms with van der Waals surface area (Å²) in [7, 11) is 0. The van der Waals surface area contributed by atoms with Crippen LogP contribution in [0.25, 0.3) is 12.2 Å². The molecule has 0 saturated carbocycles. The van der Waals surface area contributed by atoms with Crippen molar-refractivity contribution < 1.29 is 0 Å². The molecule has 0 amide bonds. The summed E-state index contributed by atoms with van der Waals surface area (Å²) in [6.07, 6.45) is 9.08. The first-order valence-corrected chi connectivity index (χ1v) is 6.48. The van der Waals surface area contributed by atoms with Crippen molar-refractivity contribution in [2.75, 3.05) is 0 Å². The fourth-order valence-electron chi connectivity index (χ4n) is 1.95. The molecule has 1 aliphatic rings. The van der Waals surface area contributed by atoms with Gasteiger partial charge in [-0.3, -0.25) is 0 Å². The van der Waals surface area contributed by atoms with Crippen molar-refractivity contribution in [1.82, 2.24) is 0 Å². The summed E-state index contributed by atoms with van der Waals surface area (Å²) in [5.41, 5.74) is 5.62. The highest BCUT2D eigenvalue weighted by molar-refractivity contribution is 5.72. The summed E-state index contributed by atoms with van der Waals surface area (Å²) >= 11 is 0. The third kappa shape index (κ3) is 3.09. The van der Waals surface area contributed by atoms with E-state index in [-0.39, 0.29) is 5.41 Å². The Morgan fingerprint density at radius 2 is 1.12 bits per heavy atom. The molecule has 0 fully saturated rings. The molecule has 1 aromatic carbocycles. The molecule has 1 aromatic rings. The molecule has 0 unspecified atom stereocenters. The van der Waals surface area contributed by atoms with E-state index in [9.17, 15) is 0 Å². The van der Waals surface area contributed by atoms with E-state index in [1.807, 2.05) is 13.8 Å². The molecular formula is C17H24. The van der Waals surface area contributed by atoms with Gasteiger partial charge in [-0.15, -0.1) is 0 Å². The SMILES string of the molecule is CC.Cc1ccc(C)c2c1C=CC(C)(C)C=C2. The van der Waals surface area contributed by atoms with E-state index < -0.39 is 0 Å². The van der Waals surface area contributed by atoms with Crippen molar-refractivity contribution in [1.29, 1.82) is 0 Å². The van der Waals surface area contributed by atoms with Gasteiger partial charge in [0.2, 0.25) is 0 Å². The molecule has 0 N–H and O–H groups in total. The monoisotopic (exact) mass is 228 g/mol. The lowest BCUT2D eigenvalue weighted by atomic mass is 9.93. The van der Waals surface area contributed by atoms with Gasteiger partial charge >= 0.3 is 0 Å². The van der Waals surface area contributed by atoms with Crippen LogP contribution in [0.5, 0.6) is 0 Å². The van der Waals surface area contributed by atoms with Gasteiger partial charge in [-0.2, -0.15) is 0 Å². The highest BCUT2D eigenvalue weighted by Crippen LogP contribution is 2.30. The predicted octanol–water partition coefficient (Wildman–Crippen LogP) is 5.40. The second-order valence-electron chi connectivity index (χ2n) is 5.01. The van der Waals surface area contributed by atoms with Gasteiger partial charge in [-0.05, 0) is 36.1 Å².